The molecular formula is C24H29F2N5O. The van der Waals surface area contributed by atoms with Gasteiger partial charge in [-0.25, -0.2) is 8.78 Å². The van der Waals surface area contributed by atoms with Crippen LogP contribution in [-0.4, -0.2) is 31.6 Å². The quantitative estimate of drug-likeness (QED) is 0.664. The van der Waals surface area contributed by atoms with E-state index in [1.807, 2.05) is 49.6 Å². The lowest BCUT2D eigenvalue weighted by Crippen LogP contribution is -2.36. The van der Waals surface area contributed by atoms with Crippen LogP contribution in [0.1, 0.15) is 48.6 Å². The lowest BCUT2D eigenvalue weighted by atomic mass is 10.0. The summed E-state index contributed by atoms with van der Waals surface area (Å²) >= 11 is 0. The topological polar surface area (TPSA) is 77.0 Å². The molecule has 2 N–H and O–H groups in total. The highest BCUT2D eigenvalue weighted by molar-refractivity contribution is 5.77. The number of fused-ring (bicyclic) bond motifs is 3. The molecule has 4 rings (SSSR count). The maximum Gasteiger partial charge on any atom is 0.224 e. The molecular weight excluding hydrogens is 412 g/mol. The molecule has 1 atom stereocenters. The Labute approximate surface area is 187 Å². The maximum absolute atomic E-state index is 14.1. The molecule has 0 saturated carbocycles. The minimum Gasteiger partial charge on any atom is -0.331 e. The summed E-state index contributed by atoms with van der Waals surface area (Å²) in [5.74, 6) is 0.263. The van der Waals surface area contributed by atoms with Crippen molar-refractivity contribution in [3.8, 4) is 5.69 Å². The lowest BCUT2D eigenvalue weighted by Gasteiger charge is -2.22. The average Bonchev–Trinajstić information content (AvgIpc) is 3.03. The highest BCUT2D eigenvalue weighted by atomic mass is 19.1. The van der Waals surface area contributed by atoms with Crippen molar-refractivity contribution in [2.24, 2.45) is 5.73 Å². The van der Waals surface area contributed by atoms with Crippen molar-refractivity contribution in [2.45, 2.75) is 59.7 Å². The summed E-state index contributed by atoms with van der Waals surface area (Å²) in [6.07, 6.45) is 0.0959. The Balaban J connectivity index is 0.00000141. The number of amides is 1. The Bertz CT molecular complexity index is 1110. The molecule has 0 fully saturated rings. The molecule has 3 aromatic rings. The number of benzene rings is 2. The van der Waals surface area contributed by atoms with Crippen LogP contribution in [0.5, 0.6) is 0 Å². The van der Waals surface area contributed by atoms with Crippen LogP contribution < -0.4 is 5.73 Å². The Kier molecular flexibility index (Phi) is 7.35. The van der Waals surface area contributed by atoms with Crippen LogP contribution in [0.25, 0.3) is 5.69 Å². The number of nitrogens with zero attached hydrogens (tertiary/aromatic N) is 4. The SMILES string of the molecule is CC.Cc1cc(F)c(CC(N)CC(=O)N2Cc3ccccc3-n3c(C)nnc3C2)cc1F. The number of nitrogens with two attached hydrogens (primary N) is 1. The summed E-state index contributed by atoms with van der Waals surface area (Å²) in [7, 11) is 0. The van der Waals surface area contributed by atoms with Crippen LogP contribution in [0.4, 0.5) is 8.78 Å². The molecule has 1 aliphatic heterocycles. The Morgan fingerprint density at radius 1 is 1.09 bits per heavy atom. The third-order valence-corrected chi connectivity index (χ3v) is 5.42. The van der Waals surface area contributed by atoms with Gasteiger partial charge in [0.2, 0.25) is 5.91 Å². The second kappa shape index (κ2) is 9.99. The van der Waals surface area contributed by atoms with Crippen molar-refractivity contribution < 1.29 is 13.6 Å². The van der Waals surface area contributed by atoms with E-state index in [2.05, 4.69) is 10.2 Å². The van der Waals surface area contributed by atoms with E-state index in [0.29, 0.717) is 18.9 Å². The first kappa shape index (κ1) is 23.5. The largest absolute Gasteiger partial charge is 0.331 e. The predicted molar refractivity (Wildman–Crippen MR) is 119 cm³/mol. The van der Waals surface area contributed by atoms with Crippen LogP contribution in [0.3, 0.4) is 0 Å². The molecule has 32 heavy (non-hydrogen) atoms. The molecule has 0 spiro atoms. The molecule has 2 heterocycles. The Hall–Kier alpha value is -3.13. The number of rotatable bonds is 4. The van der Waals surface area contributed by atoms with Crippen LogP contribution >= 0.6 is 0 Å². The first-order valence-corrected chi connectivity index (χ1v) is 10.8. The number of para-hydroxylation sites is 1. The van der Waals surface area contributed by atoms with Gasteiger partial charge in [-0.1, -0.05) is 32.0 Å². The van der Waals surface area contributed by atoms with E-state index >= 15 is 0 Å². The van der Waals surface area contributed by atoms with Gasteiger partial charge in [-0.15, -0.1) is 10.2 Å². The first-order valence-electron chi connectivity index (χ1n) is 10.8. The van der Waals surface area contributed by atoms with Crippen LogP contribution in [0.15, 0.2) is 36.4 Å². The number of carbonyl (C=O) groups excluding carboxylic acids is 1. The molecule has 8 heteroatoms. The van der Waals surface area contributed by atoms with E-state index in [1.54, 1.807) is 4.90 Å². The van der Waals surface area contributed by atoms with Crippen molar-refractivity contribution in [3.05, 3.63) is 76.4 Å². The lowest BCUT2D eigenvalue weighted by molar-refractivity contribution is -0.132. The third-order valence-electron chi connectivity index (χ3n) is 5.42. The average molecular weight is 442 g/mol. The minimum atomic E-state index is -0.632. The number of hydrogen-bond acceptors (Lipinski definition) is 4. The van der Waals surface area contributed by atoms with Gasteiger partial charge in [0.1, 0.15) is 17.5 Å². The second-order valence-corrected chi connectivity index (χ2v) is 7.74. The fourth-order valence-electron chi connectivity index (χ4n) is 3.85. The molecule has 0 saturated heterocycles. The second-order valence-electron chi connectivity index (χ2n) is 7.74. The first-order chi connectivity index (χ1) is 15.3. The maximum atomic E-state index is 14.1. The Morgan fingerprint density at radius 2 is 1.81 bits per heavy atom. The zero-order chi connectivity index (χ0) is 23.4. The molecule has 2 aromatic carbocycles. The van der Waals surface area contributed by atoms with Crippen molar-refractivity contribution >= 4 is 5.91 Å². The van der Waals surface area contributed by atoms with Crippen molar-refractivity contribution in [3.63, 3.8) is 0 Å². The van der Waals surface area contributed by atoms with Gasteiger partial charge in [0.25, 0.3) is 0 Å². The molecule has 1 amide bonds. The molecule has 0 aliphatic carbocycles. The van der Waals surface area contributed by atoms with E-state index in [9.17, 15) is 13.6 Å². The fourth-order valence-corrected chi connectivity index (χ4v) is 3.85. The number of halogens is 2. The van der Waals surface area contributed by atoms with Crippen LogP contribution in [0, 0.1) is 25.5 Å². The molecule has 1 aliphatic rings. The van der Waals surface area contributed by atoms with Gasteiger partial charge in [-0.05, 0) is 55.2 Å². The van der Waals surface area contributed by atoms with E-state index in [1.165, 1.54) is 6.92 Å². The van der Waals surface area contributed by atoms with E-state index in [0.717, 1.165) is 29.2 Å². The van der Waals surface area contributed by atoms with Gasteiger partial charge in [-0.2, -0.15) is 0 Å². The molecule has 1 aromatic heterocycles. The fraction of sp³-hybridized carbons (Fsp3) is 0.375. The number of hydrogen-bond donors (Lipinski definition) is 1. The van der Waals surface area contributed by atoms with E-state index in [4.69, 9.17) is 5.73 Å². The molecule has 0 radical (unpaired) electrons. The standard InChI is InChI=1S/C22H23F2N5O.C2H6/c1-13-7-19(24)16(9-18(13)23)8-17(25)10-22(30)28-11-15-5-3-4-6-20(15)29-14(2)26-27-21(29)12-28;1-2/h3-7,9,17H,8,10-12,25H2,1-2H3;1-2H3. The predicted octanol–water partition coefficient (Wildman–Crippen LogP) is 3.99. The molecule has 6 nitrogen and oxygen atoms in total. The number of aryl methyl sites for hydroxylation is 2. The smallest absolute Gasteiger partial charge is 0.224 e. The summed E-state index contributed by atoms with van der Waals surface area (Å²) in [4.78, 5) is 14.7. The summed E-state index contributed by atoms with van der Waals surface area (Å²) < 4.78 is 29.9. The van der Waals surface area contributed by atoms with E-state index < -0.39 is 17.7 Å². The minimum absolute atomic E-state index is 0.0181. The van der Waals surface area contributed by atoms with E-state index in [-0.39, 0.29) is 29.9 Å². The molecule has 170 valence electrons. The zero-order valence-electron chi connectivity index (χ0n) is 18.9. The highest BCUT2D eigenvalue weighted by Gasteiger charge is 2.26. The van der Waals surface area contributed by atoms with Crippen LogP contribution in [0.2, 0.25) is 0 Å². The van der Waals surface area contributed by atoms with Gasteiger partial charge in [0, 0.05) is 19.0 Å². The number of aromatic nitrogens is 3. The zero-order valence-corrected chi connectivity index (χ0v) is 18.9. The molecule has 0 bridgehead atoms. The Morgan fingerprint density at radius 3 is 2.56 bits per heavy atom. The molecule has 1 unspecified atom stereocenters. The van der Waals surface area contributed by atoms with Gasteiger partial charge in [0.15, 0.2) is 5.82 Å². The van der Waals surface area contributed by atoms with Gasteiger partial charge < -0.3 is 10.6 Å². The summed E-state index contributed by atoms with van der Waals surface area (Å²) in [6.45, 7) is 8.09. The normalized spacial score (nSPS) is 13.4. The monoisotopic (exact) mass is 441 g/mol. The van der Waals surface area contributed by atoms with Crippen molar-refractivity contribution in [2.75, 3.05) is 0 Å². The van der Waals surface area contributed by atoms with Crippen LogP contribution in [-0.2, 0) is 24.3 Å². The highest BCUT2D eigenvalue weighted by Crippen LogP contribution is 2.25. The van der Waals surface area contributed by atoms with Gasteiger partial charge >= 0.3 is 0 Å². The van der Waals surface area contributed by atoms with Crippen molar-refractivity contribution in [1.29, 1.82) is 0 Å². The summed E-state index contributed by atoms with van der Waals surface area (Å²) in [6, 6.07) is 9.48. The van der Waals surface area contributed by atoms with Gasteiger partial charge in [-0.3, -0.25) is 9.36 Å². The summed E-state index contributed by atoms with van der Waals surface area (Å²) in [5, 5.41) is 8.37. The third kappa shape index (κ3) is 4.85. The number of carbonyl (C=O) groups is 1. The van der Waals surface area contributed by atoms with Crippen molar-refractivity contribution in [1.82, 2.24) is 19.7 Å². The summed E-state index contributed by atoms with van der Waals surface area (Å²) in [5.41, 5.74) is 8.48. The van der Waals surface area contributed by atoms with Gasteiger partial charge in [0.05, 0.1) is 12.2 Å².